The van der Waals surface area contributed by atoms with E-state index in [9.17, 15) is 15.0 Å². The van der Waals surface area contributed by atoms with E-state index in [4.69, 9.17) is 0 Å². The van der Waals surface area contributed by atoms with Crippen molar-refractivity contribution in [2.24, 2.45) is 45.3 Å². The molecule has 2 N–H and O–H groups in total. The van der Waals surface area contributed by atoms with Gasteiger partial charge in [-0.3, -0.25) is 4.79 Å². The summed E-state index contributed by atoms with van der Waals surface area (Å²) in [6, 6.07) is 0. The van der Waals surface area contributed by atoms with Gasteiger partial charge in [-0.1, -0.05) is 33.8 Å². The number of carbonyl (C=O) groups excluding carboxylic acids is 1. The number of carbonyl (C=O) groups is 1. The van der Waals surface area contributed by atoms with Gasteiger partial charge in [-0.05, 0) is 117 Å². The van der Waals surface area contributed by atoms with Crippen LogP contribution in [0.2, 0.25) is 0 Å². The average Bonchev–Trinajstić information content (AvgIpc) is 3.18. The number of fused-ring (bicyclic) bond motifs is 7. The Kier molecular flexibility index (Phi) is 5.61. The number of aliphatic hydroxyl groups is 2. The van der Waals surface area contributed by atoms with Gasteiger partial charge in [0.25, 0.3) is 0 Å². The number of hydrogen-bond donors (Lipinski definition) is 2. The van der Waals surface area contributed by atoms with Crippen molar-refractivity contribution in [2.75, 3.05) is 13.2 Å². The number of amides is 1. The Bertz CT molecular complexity index is 867. The fourth-order valence-corrected chi connectivity index (χ4v) is 11.4. The zero-order valence-electron chi connectivity index (χ0n) is 22.5. The number of piperidine rings is 1. The topological polar surface area (TPSA) is 60.8 Å². The summed E-state index contributed by atoms with van der Waals surface area (Å²) in [4.78, 5) is 15.1. The summed E-state index contributed by atoms with van der Waals surface area (Å²) in [6.45, 7) is 17.1. The van der Waals surface area contributed by atoms with Gasteiger partial charge in [-0.2, -0.15) is 0 Å². The summed E-state index contributed by atoms with van der Waals surface area (Å²) in [5, 5.41) is 20.1. The highest BCUT2D eigenvalue weighted by Gasteiger charge is 2.69. The second-order valence-electron chi connectivity index (χ2n) is 14.4. The molecule has 0 radical (unpaired) electrons. The first-order chi connectivity index (χ1) is 15.9. The third-order valence-electron chi connectivity index (χ3n) is 13.2. The maximum Gasteiger partial charge on any atom is 0.230 e. The Morgan fingerprint density at radius 2 is 1.62 bits per heavy atom. The van der Waals surface area contributed by atoms with Crippen LogP contribution in [0, 0.1) is 45.3 Å². The van der Waals surface area contributed by atoms with E-state index in [1.807, 2.05) is 0 Å². The van der Waals surface area contributed by atoms with Crippen LogP contribution in [0.5, 0.6) is 0 Å². The highest BCUT2D eigenvalue weighted by Crippen LogP contribution is 2.76. The van der Waals surface area contributed by atoms with Crippen LogP contribution in [0.4, 0.5) is 0 Å². The van der Waals surface area contributed by atoms with E-state index in [0.717, 1.165) is 18.9 Å². The van der Waals surface area contributed by atoms with Crippen molar-refractivity contribution in [3.05, 3.63) is 12.3 Å². The summed E-state index contributed by atoms with van der Waals surface area (Å²) in [7, 11) is 0. The van der Waals surface area contributed by atoms with Crippen molar-refractivity contribution in [2.45, 2.75) is 111 Å². The first-order valence-corrected chi connectivity index (χ1v) is 14.1. The highest BCUT2D eigenvalue weighted by molar-refractivity contribution is 5.79. The quantitative estimate of drug-likeness (QED) is 0.463. The van der Waals surface area contributed by atoms with Gasteiger partial charge in [0.1, 0.15) is 0 Å². The normalized spacial score (nSPS) is 49.4. The monoisotopic (exact) mass is 471 g/mol. The molecule has 5 rings (SSSR count). The van der Waals surface area contributed by atoms with Crippen LogP contribution >= 0.6 is 0 Å². The van der Waals surface area contributed by atoms with Gasteiger partial charge in [0.05, 0.1) is 12.2 Å². The number of hydrogen-bond acceptors (Lipinski definition) is 3. The summed E-state index contributed by atoms with van der Waals surface area (Å²) >= 11 is 0. The fourth-order valence-electron chi connectivity index (χ4n) is 11.4. The smallest absolute Gasteiger partial charge is 0.230 e. The molecule has 5 fully saturated rings. The van der Waals surface area contributed by atoms with E-state index in [-0.39, 0.29) is 34.5 Å². The van der Waals surface area contributed by atoms with Crippen LogP contribution in [0.25, 0.3) is 0 Å². The van der Waals surface area contributed by atoms with E-state index in [1.54, 1.807) is 0 Å². The molecule has 0 bridgehead atoms. The van der Waals surface area contributed by atoms with Crippen LogP contribution < -0.4 is 0 Å². The Morgan fingerprint density at radius 1 is 0.882 bits per heavy atom. The predicted octanol–water partition coefficient (Wildman–Crippen LogP) is 6.49. The van der Waals surface area contributed by atoms with Crippen LogP contribution in [0.3, 0.4) is 0 Å². The molecule has 4 nitrogen and oxygen atoms in total. The van der Waals surface area contributed by atoms with E-state index < -0.39 is 0 Å². The summed E-state index contributed by atoms with van der Waals surface area (Å²) < 4.78 is 0. The van der Waals surface area contributed by atoms with Crippen molar-refractivity contribution >= 4 is 5.91 Å². The molecule has 7 unspecified atom stereocenters. The minimum absolute atomic E-state index is 0.0254. The van der Waals surface area contributed by atoms with Crippen molar-refractivity contribution in [1.29, 1.82) is 0 Å². The van der Waals surface area contributed by atoms with Gasteiger partial charge >= 0.3 is 0 Å². The standard InChI is InChI=1S/C30H49NO3/c1-20(33)18-25(34)31-17-16-27(4)23(26(31,2)3)11-13-29(6)24(27)10-9-21-22-8-7-12-30(22,19-32)15-14-28(21,29)5/h21-24,32-33H,1,7-19H2,2-6H3/t21?,22?,23?,24?,27?,28-,29?,30?/m1/s1. The Balaban J connectivity index is 1.46. The molecule has 5 aliphatic rings. The lowest BCUT2D eigenvalue weighted by Crippen LogP contribution is -2.70. The first-order valence-electron chi connectivity index (χ1n) is 14.1. The highest BCUT2D eigenvalue weighted by atomic mass is 16.3. The molecule has 0 aromatic carbocycles. The van der Waals surface area contributed by atoms with Gasteiger partial charge in [0.15, 0.2) is 0 Å². The average molecular weight is 472 g/mol. The van der Waals surface area contributed by atoms with Crippen LogP contribution in [-0.2, 0) is 4.79 Å². The maximum atomic E-state index is 13.0. The van der Waals surface area contributed by atoms with Gasteiger partial charge in [0, 0.05) is 18.7 Å². The second kappa shape index (κ2) is 7.73. The molecule has 4 heteroatoms. The number of nitrogens with zero attached hydrogens (tertiary/aromatic N) is 1. The Morgan fingerprint density at radius 3 is 2.29 bits per heavy atom. The van der Waals surface area contributed by atoms with E-state index in [1.165, 1.54) is 57.8 Å². The molecule has 192 valence electrons. The molecular formula is C30H49NO3. The van der Waals surface area contributed by atoms with Crippen molar-refractivity contribution in [3.63, 3.8) is 0 Å². The first kappa shape index (κ1) is 24.7. The molecule has 1 saturated heterocycles. The summed E-state index contributed by atoms with van der Waals surface area (Å²) in [5.41, 5.74) is 0.913. The summed E-state index contributed by atoms with van der Waals surface area (Å²) in [5.74, 6) is 2.63. The largest absolute Gasteiger partial charge is 0.512 e. The maximum absolute atomic E-state index is 13.0. The molecule has 1 amide bonds. The Labute approximate surface area is 207 Å². The molecule has 34 heavy (non-hydrogen) atoms. The molecule has 4 saturated carbocycles. The molecular weight excluding hydrogens is 422 g/mol. The molecule has 0 spiro atoms. The lowest BCUT2D eigenvalue weighted by Gasteiger charge is -2.73. The lowest BCUT2D eigenvalue weighted by atomic mass is 9.33. The minimum Gasteiger partial charge on any atom is -0.512 e. The molecule has 4 aliphatic carbocycles. The second-order valence-corrected chi connectivity index (χ2v) is 14.4. The number of rotatable bonds is 3. The van der Waals surface area contributed by atoms with Gasteiger partial charge < -0.3 is 15.1 Å². The molecule has 0 aromatic rings. The minimum atomic E-state index is -0.206. The Hall–Kier alpha value is -1.03. The predicted molar refractivity (Wildman–Crippen MR) is 136 cm³/mol. The third kappa shape index (κ3) is 3.02. The van der Waals surface area contributed by atoms with Crippen LogP contribution in [-0.4, -0.2) is 39.7 Å². The SMILES string of the molecule is C=C(O)CC(=O)N1CCC2(C)C(CCC3(C)C2CCC2C4CCCC4(CO)CC[C@]23C)C1(C)C. The van der Waals surface area contributed by atoms with Crippen molar-refractivity contribution < 1.29 is 15.0 Å². The van der Waals surface area contributed by atoms with E-state index in [2.05, 4.69) is 46.1 Å². The van der Waals surface area contributed by atoms with Gasteiger partial charge in [0.2, 0.25) is 5.91 Å². The number of likely N-dealkylation sites (tertiary alicyclic amines) is 1. The van der Waals surface area contributed by atoms with E-state index in [0.29, 0.717) is 35.2 Å². The number of aliphatic hydroxyl groups excluding tert-OH is 2. The van der Waals surface area contributed by atoms with Crippen molar-refractivity contribution in [3.8, 4) is 0 Å². The van der Waals surface area contributed by atoms with Gasteiger partial charge in [-0.25, -0.2) is 0 Å². The lowest BCUT2D eigenvalue weighted by molar-refractivity contribution is -0.241. The fraction of sp³-hybridized carbons (Fsp3) is 0.900. The zero-order valence-corrected chi connectivity index (χ0v) is 22.5. The third-order valence-corrected chi connectivity index (χ3v) is 13.2. The molecule has 8 atom stereocenters. The molecule has 1 heterocycles. The van der Waals surface area contributed by atoms with Crippen LogP contribution in [0.15, 0.2) is 12.3 Å². The van der Waals surface area contributed by atoms with E-state index >= 15 is 0 Å². The molecule has 1 aliphatic heterocycles. The molecule has 0 aromatic heterocycles. The zero-order chi connectivity index (χ0) is 24.7. The van der Waals surface area contributed by atoms with Gasteiger partial charge in [-0.15, -0.1) is 0 Å². The van der Waals surface area contributed by atoms with Crippen molar-refractivity contribution in [1.82, 2.24) is 4.90 Å². The van der Waals surface area contributed by atoms with Crippen LogP contribution in [0.1, 0.15) is 105 Å². The summed E-state index contributed by atoms with van der Waals surface area (Å²) in [6.07, 6.45) is 12.5.